The van der Waals surface area contributed by atoms with Crippen LogP contribution in [0.25, 0.3) is 11.1 Å². The summed E-state index contributed by atoms with van der Waals surface area (Å²) in [6, 6.07) is 8.55. The number of benzene rings is 1. The van der Waals surface area contributed by atoms with Crippen molar-refractivity contribution in [3.63, 3.8) is 0 Å². The Morgan fingerprint density at radius 3 is 2.63 bits per heavy atom. The Kier molecular flexibility index (Phi) is 3.84. The summed E-state index contributed by atoms with van der Waals surface area (Å²) in [7, 11) is 1.66. The van der Waals surface area contributed by atoms with Gasteiger partial charge in [0.15, 0.2) is 0 Å². The van der Waals surface area contributed by atoms with Gasteiger partial charge in [-0.2, -0.15) is 0 Å². The topological polar surface area (TPSA) is 22.0 Å². The van der Waals surface area contributed by atoms with Gasteiger partial charge in [0, 0.05) is 18.8 Å². The first-order valence-electron chi connectivity index (χ1n) is 6.50. The number of hydrogen-bond acceptors (Lipinski definition) is 1. The predicted octanol–water partition coefficient (Wildman–Crippen LogP) is 3.70. The summed E-state index contributed by atoms with van der Waals surface area (Å²) in [6.45, 7) is 4.14. The summed E-state index contributed by atoms with van der Waals surface area (Å²) < 4.78 is 15.7. The average Bonchev–Trinajstić information content (AvgIpc) is 2.41. The van der Waals surface area contributed by atoms with Crippen molar-refractivity contribution in [1.82, 2.24) is 4.57 Å². The second kappa shape index (κ2) is 5.39. The lowest BCUT2D eigenvalue weighted by Crippen LogP contribution is -2.17. The summed E-state index contributed by atoms with van der Waals surface area (Å²) in [5.41, 5.74) is 1.56. The maximum absolute atomic E-state index is 14.2. The SMILES string of the molecule is CCC(C)c1ccc(-c2cccn(C)c2=O)c(F)c1. The van der Waals surface area contributed by atoms with Crippen LogP contribution in [0.15, 0.2) is 41.3 Å². The number of aryl methyl sites for hydroxylation is 1. The zero-order chi connectivity index (χ0) is 14.0. The highest BCUT2D eigenvalue weighted by atomic mass is 19.1. The molecule has 0 radical (unpaired) electrons. The molecular formula is C16H18FNO. The molecule has 1 atom stereocenters. The van der Waals surface area contributed by atoms with Crippen LogP contribution >= 0.6 is 0 Å². The molecule has 0 aliphatic carbocycles. The van der Waals surface area contributed by atoms with Crippen molar-refractivity contribution >= 4 is 0 Å². The average molecular weight is 259 g/mol. The fourth-order valence-electron chi connectivity index (χ4n) is 2.09. The van der Waals surface area contributed by atoms with Gasteiger partial charge in [0.05, 0.1) is 5.56 Å². The first-order chi connectivity index (χ1) is 9.04. The molecule has 0 aliphatic heterocycles. The fourth-order valence-corrected chi connectivity index (χ4v) is 2.09. The van der Waals surface area contributed by atoms with Crippen molar-refractivity contribution in [2.75, 3.05) is 0 Å². The molecule has 1 aromatic carbocycles. The summed E-state index contributed by atoms with van der Waals surface area (Å²) in [5, 5.41) is 0. The molecule has 3 heteroatoms. The third-order valence-electron chi connectivity index (χ3n) is 3.59. The van der Waals surface area contributed by atoms with E-state index in [1.165, 1.54) is 10.6 Å². The highest BCUT2D eigenvalue weighted by Gasteiger charge is 2.12. The quantitative estimate of drug-likeness (QED) is 0.823. The van der Waals surface area contributed by atoms with Crippen LogP contribution < -0.4 is 5.56 Å². The Labute approximate surface area is 112 Å². The lowest BCUT2D eigenvalue weighted by molar-refractivity contribution is 0.622. The highest BCUT2D eigenvalue weighted by molar-refractivity contribution is 5.63. The van der Waals surface area contributed by atoms with Crippen molar-refractivity contribution in [3.8, 4) is 11.1 Å². The van der Waals surface area contributed by atoms with Crippen LogP contribution in [0, 0.1) is 5.82 Å². The molecular weight excluding hydrogens is 241 g/mol. The Hall–Kier alpha value is -1.90. The summed E-state index contributed by atoms with van der Waals surface area (Å²) >= 11 is 0. The van der Waals surface area contributed by atoms with Crippen molar-refractivity contribution in [2.45, 2.75) is 26.2 Å². The highest BCUT2D eigenvalue weighted by Crippen LogP contribution is 2.25. The fraction of sp³-hybridized carbons (Fsp3) is 0.312. The summed E-state index contributed by atoms with van der Waals surface area (Å²) in [4.78, 5) is 12.0. The number of aromatic nitrogens is 1. The van der Waals surface area contributed by atoms with E-state index in [1.54, 1.807) is 31.4 Å². The van der Waals surface area contributed by atoms with Gasteiger partial charge in [0.1, 0.15) is 5.82 Å². The Balaban J connectivity index is 2.53. The van der Waals surface area contributed by atoms with Gasteiger partial charge in [-0.15, -0.1) is 0 Å². The van der Waals surface area contributed by atoms with Crippen LogP contribution in [0.5, 0.6) is 0 Å². The van der Waals surface area contributed by atoms with Crippen molar-refractivity contribution in [1.29, 1.82) is 0 Å². The minimum Gasteiger partial charge on any atom is -0.318 e. The number of rotatable bonds is 3. The second-order valence-corrected chi connectivity index (χ2v) is 4.89. The lowest BCUT2D eigenvalue weighted by Gasteiger charge is -2.11. The monoisotopic (exact) mass is 259 g/mol. The molecule has 0 N–H and O–H groups in total. The first-order valence-corrected chi connectivity index (χ1v) is 6.50. The minimum atomic E-state index is -0.332. The Morgan fingerprint density at radius 1 is 1.26 bits per heavy atom. The molecule has 0 saturated carbocycles. The molecule has 2 nitrogen and oxygen atoms in total. The maximum atomic E-state index is 14.2. The molecule has 1 unspecified atom stereocenters. The largest absolute Gasteiger partial charge is 0.318 e. The third kappa shape index (κ3) is 2.60. The van der Waals surface area contributed by atoms with Gasteiger partial charge in [-0.1, -0.05) is 26.0 Å². The van der Waals surface area contributed by atoms with Crippen LogP contribution in [-0.4, -0.2) is 4.57 Å². The van der Waals surface area contributed by atoms with E-state index in [4.69, 9.17) is 0 Å². The standard InChI is InChI=1S/C16H18FNO/c1-4-11(2)12-7-8-13(15(17)10-12)14-6-5-9-18(3)16(14)19/h5-11H,4H2,1-3H3. The summed E-state index contributed by atoms with van der Waals surface area (Å²) in [6.07, 6.45) is 2.63. The normalized spacial score (nSPS) is 12.4. The zero-order valence-electron chi connectivity index (χ0n) is 11.5. The van der Waals surface area contributed by atoms with E-state index >= 15 is 0 Å². The molecule has 1 heterocycles. The van der Waals surface area contributed by atoms with Crippen molar-refractivity contribution < 1.29 is 4.39 Å². The van der Waals surface area contributed by atoms with E-state index < -0.39 is 0 Å². The zero-order valence-corrected chi connectivity index (χ0v) is 11.5. The van der Waals surface area contributed by atoms with Gasteiger partial charge in [-0.3, -0.25) is 4.79 Å². The van der Waals surface area contributed by atoms with Gasteiger partial charge in [0.25, 0.3) is 5.56 Å². The van der Waals surface area contributed by atoms with E-state index in [9.17, 15) is 9.18 Å². The van der Waals surface area contributed by atoms with Crippen LogP contribution in [0.4, 0.5) is 4.39 Å². The molecule has 2 rings (SSSR count). The Morgan fingerprint density at radius 2 is 2.00 bits per heavy atom. The minimum absolute atomic E-state index is 0.183. The van der Waals surface area contributed by atoms with Gasteiger partial charge >= 0.3 is 0 Å². The van der Waals surface area contributed by atoms with E-state index in [1.807, 2.05) is 6.07 Å². The van der Waals surface area contributed by atoms with E-state index in [2.05, 4.69) is 13.8 Å². The molecule has 100 valence electrons. The van der Waals surface area contributed by atoms with Crippen LogP contribution in [0.2, 0.25) is 0 Å². The predicted molar refractivity (Wildman–Crippen MR) is 75.8 cm³/mol. The van der Waals surface area contributed by atoms with Gasteiger partial charge in [0.2, 0.25) is 0 Å². The molecule has 0 bridgehead atoms. The number of hydrogen-bond donors (Lipinski definition) is 0. The Bertz CT molecular complexity index is 645. The van der Waals surface area contributed by atoms with Crippen molar-refractivity contribution in [3.05, 3.63) is 58.3 Å². The first kappa shape index (κ1) is 13.5. The summed E-state index contributed by atoms with van der Waals surface area (Å²) in [5.74, 6) is -0.0109. The maximum Gasteiger partial charge on any atom is 0.258 e. The number of pyridine rings is 1. The molecule has 0 amide bonds. The van der Waals surface area contributed by atoms with Crippen LogP contribution in [0.3, 0.4) is 0 Å². The third-order valence-corrected chi connectivity index (χ3v) is 3.59. The van der Waals surface area contributed by atoms with Crippen LogP contribution in [-0.2, 0) is 7.05 Å². The molecule has 0 spiro atoms. The number of halogens is 1. The lowest BCUT2D eigenvalue weighted by atomic mass is 9.96. The second-order valence-electron chi connectivity index (χ2n) is 4.89. The smallest absolute Gasteiger partial charge is 0.258 e. The van der Waals surface area contributed by atoms with E-state index in [-0.39, 0.29) is 11.4 Å². The van der Waals surface area contributed by atoms with Gasteiger partial charge < -0.3 is 4.57 Å². The van der Waals surface area contributed by atoms with Crippen LogP contribution in [0.1, 0.15) is 31.7 Å². The van der Waals surface area contributed by atoms with Gasteiger partial charge in [-0.25, -0.2) is 4.39 Å². The van der Waals surface area contributed by atoms with Crippen molar-refractivity contribution in [2.24, 2.45) is 7.05 Å². The molecule has 0 saturated heterocycles. The molecule has 19 heavy (non-hydrogen) atoms. The molecule has 0 fully saturated rings. The molecule has 0 aliphatic rings. The molecule has 2 aromatic rings. The van der Waals surface area contributed by atoms with E-state index in [0.717, 1.165) is 12.0 Å². The van der Waals surface area contributed by atoms with E-state index in [0.29, 0.717) is 17.0 Å². The number of nitrogens with zero attached hydrogens (tertiary/aromatic N) is 1. The molecule has 1 aromatic heterocycles. The van der Waals surface area contributed by atoms with Gasteiger partial charge in [-0.05, 0) is 36.1 Å².